The van der Waals surface area contributed by atoms with Crippen LogP contribution in [0.1, 0.15) is 0 Å². The molecule has 2 aliphatic rings. The first-order chi connectivity index (χ1) is 6.93. The molecule has 1 aromatic carbocycles. The first-order valence-corrected chi connectivity index (χ1v) is 5.51. The number of fused-ring (bicyclic) bond motifs is 2. The van der Waals surface area contributed by atoms with Crippen LogP contribution in [0.5, 0.6) is 0 Å². The molecule has 68 valence electrons. The van der Waals surface area contributed by atoms with Crippen molar-refractivity contribution >= 4 is 11.8 Å². The van der Waals surface area contributed by atoms with Crippen molar-refractivity contribution < 1.29 is 0 Å². The van der Waals surface area contributed by atoms with Crippen molar-refractivity contribution in [3.05, 3.63) is 57.9 Å². The number of hydrogen-bond acceptors (Lipinski definition) is 3. The van der Waals surface area contributed by atoms with Crippen LogP contribution in [-0.4, -0.2) is 5.75 Å². The third kappa shape index (κ3) is 1.21. The van der Waals surface area contributed by atoms with Gasteiger partial charge in [0.1, 0.15) is 0 Å². The Bertz CT molecular complexity index is 555. The van der Waals surface area contributed by atoms with Gasteiger partial charge in [-0.2, -0.15) is 0 Å². The lowest BCUT2D eigenvalue weighted by molar-refractivity contribution is 1.21. The highest BCUT2D eigenvalue weighted by atomic mass is 32.2. The van der Waals surface area contributed by atoms with Gasteiger partial charge in [0.05, 0.1) is 16.4 Å². The number of thioether (sulfide) groups is 1. The molecule has 0 aliphatic carbocycles. The van der Waals surface area contributed by atoms with Crippen molar-refractivity contribution in [3.8, 4) is 0 Å². The summed E-state index contributed by atoms with van der Waals surface area (Å²) in [5.41, 5.74) is 2.30. The van der Waals surface area contributed by atoms with Crippen LogP contribution in [-0.2, 0) is 0 Å². The maximum Gasteiger partial charge on any atom is 0.0893 e. The van der Waals surface area contributed by atoms with E-state index in [-0.39, 0.29) is 0 Å². The zero-order valence-electron chi connectivity index (χ0n) is 7.47. The van der Waals surface area contributed by atoms with Gasteiger partial charge in [-0.05, 0) is 17.5 Å². The van der Waals surface area contributed by atoms with Crippen LogP contribution in [0.4, 0.5) is 0 Å². The van der Waals surface area contributed by atoms with E-state index in [2.05, 4.69) is 15.4 Å². The Balaban J connectivity index is 2.35. The smallest absolute Gasteiger partial charge is 0.0893 e. The Morgan fingerprint density at radius 1 is 1.14 bits per heavy atom. The van der Waals surface area contributed by atoms with E-state index in [9.17, 15) is 0 Å². The number of allylic oxidation sites excluding steroid dienone is 1. The predicted octanol–water partition coefficient (Wildman–Crippen LogP) is 1.41. The fourth-order valence-electron chi connectivity index (χ4n) is 1.51. The van der Waals surface area contributed by atoms with Crippen LogP contribution in [0.2, 0.25) is 0 Å². The molecule has 3 rings (SSSR count). The van der Waals surface area contributed by atoms with Crippen molar-refractivity contribution in [2.24, 2.45) is 9.98 Å². The third-order valence-electron chi connectivity index (χ3n) is 2.24. The average Bonchev–Trinajstić information content (AvgIpc) is 2.58. The van der Waals surface area contributed by atoms with Gasteiger partial charge in [-0.15, -0.1) is 11.8 Å². The number of rotatable bonds is 0. The van der Waals surface area contributed by atoms with Gasteiger partial charge in [-0.1, -0.05) is 12.1 Å². The largest absolute Gasteiger partial charge is 0.254 e. The van der Waals surface area contributed by atoms with Gasteiger partial charge < -0.3 is 0 Å². The van der Waals surface area contributed by atoms with E-state index in [1.165, 1.54) is 5.57 Å². The predicted molar refractivity (Wildman–Crippen MR) is 57.4 cm³/mol. The van der Waals surface area contributed by atoms with E-state index < -0.39 is 0 Å². The Morgan fingerprint density at radius 3 is 2.93 bits per heavy atom. The zero-order chi connectivity index (χ0) is 9.38. The summed E-state index contributed by atoms with van der Waals surface area (Å²) in [7, 11) is 0. The SMILES string of the molecule is C1=C2CSC=C2N=c2ccccc2=N1. The standard InChI is InChI=1S/C11H8N2S/c1-2-4-10-9(3-1)12-5-8-6-14-7-11(8)13-10/h1-5,7H,6H2. The maximum absolute atomic E-state index is 4.58. The first-order valence-electron chi connectivity index (χ1n) is 4.46. The molecule has 2 heterocycles. The summed E-state index contributed by atoms with van der Waals surface area (Å²) in [6.07, 6.45) is 1.93. The summed E-state index contributed by atoms with van der Waals surface area (Å²) in [6.45, 7) is 0. The van der Waals surface area contributed by atoms with Gasteiger partial charge in [-0.25, -0.2) is 4.99 Å². The Morgan fingerprint density at radius 2 is 2.00 bits per heavy atom. The second-order valence-electron chi connectivity index (χ2n) is 3.20. The van der Waals surface area contributed by atoms with E-state index in [0.717, 1.165) is 22.2 Å². The Kier molecular flexibility index (Phi) is 1.77. The van der Waals surface area contributed by atoms with Gasteiger partial charge in [-0.3, -0.25) is 4.99 Å². The summed E-state index contributed by atoms with van der Waals surface area (Å²) in [6, 6.07) is 7.97. The molecule has 2 nitrogen and oxygen atoms in total. The molecule has 0 saturated carbocycles. The minimum absolute atomic E-state index is 0.959. The molecule has 2 aliphatic heterocycles. The molecule has 0 aromatic heterocycles. The molecule has 0 fully saturated rings. The molecular weight excluding hydrogens is 192 g/mol. The molecule has 0 saturated heterocycles. The van der Waals surface area contributed by atoms with Crippen molar-refractivity contribution in [2.75, 3.05) is 5.75 Å². The van der Waals surface area contributed by atoms with Crippen molar-refractivity contribution in [2.45, 2.75) is 0 Å². The van der Waals surface area contributed by atoms with E-state index in [1.807, 2.05) is 30.5 Å². The lowest BCUT2D eigenvalue weighted by atomic mass is 10.3. The van der Waals surface area contributed by atoms with Crippen LogP contribution in [0.25, 0.3) is 0 Å². The van der Waals surface area contributed by atoms with Crippen molar-refractivity contribution in [1.29, 1.82) is 0 Å². The molecule has 1 aromatic rings. The minimum atomic E-state index is 0.959. The number of hydrogen-bond donors (Lipinski definition) is 0. The number of para-hydroxylation sites is 2. The highest BCUT2D eigenvalue weighted by molar-refractivity contribution is 8.02. The van der Waals surface area contributed by atoms with Gasteiger partial charge in [0, 0.05) is 17.5 Å². The van der Waals surface area contributed by atoms with E-state index >= 15 is 0 Å². The summed E-state index contributed by atoms with van der Waals surface area (Å²) >= 11 is 1.78. The minimum Gasteiger partial charge on any atom is -0.254 e. The molecular formula is C11H8N2S. The molecule has 0 atom stereocenters. The summed E-state index contributed by atoms with van der Waals surface area (Å²) in [4.78, 5) is 9.00. The summed E-state index contributed by atoms with van der Waals surface area (Å²) in [5, 5.41) is 4.02. The van der Waals surface area contributed by atoms with Crippen LogP contribution < -0.4 is 10.7 Å². The van der Waals surface area contributed by atoms with Crippen LogP contribution in [0, 0.1) is 0 Å². The summed E-state index contributed by atoms with van der Waals surface area (Å²) in [5.74, 6) is 0.996. The maximum atomic E-state index is 4.58. The van der Waals surface area contributed by atoms with Crippen LogP contribution >= 0.6 is 11.8 Å². The molecule has 0 bridgehead atoms. The van der Waals surface area contributed by atoms with Crippen molar-refractivity contribution in [1.82, 2.24) is 0 Å². The average molecular weight is 200 g/mol. The monoisotopic (exact) mass is 200 g/mol. The normalized spacial score (nSPS) is 18.0. The van der Waals surface area contributed by atoms with Gasteiger partial charge in [0.2, 0.25) is 0 Å². The first kappa shape index (κ1) is 8.00. The summed E-state index contributed by atoms with van der Waals surface area (Å²) < 4.78 is 0. The highest BCUT2D eigenvalue weighted by Crippen LogP contribution is 2.28. The molecule has 0 amide bonds. The van der Waals surface area contributed by atoms with Crippen LogP contribution in [0.15, 0.2) is 57.1 Å². The fraction of sp³-hybridized carbons (Fsp3) is 0.0909. The highest BCUT2D eigenvalue weighted by Gasteiger charge is 2.12. The van der Waals surface area contributed by atoms with E-state index in [1.54, 1.807) is 11.8 Å². The lowest BCUT2D eigenvalue weighted by Gasteiger charge is -1.92. The Hall–Kier alpha value is -1.35. The molecule has 0 N–H and O–H groups in total. The molecule has 14 heavy (non-hydrogen) atoms. The molecule has 0 radical (unpaired) electrons. The molecule has 3 heteroatoms. The second-order valence-corrected chi connectivity index (χ2v) is 4.06. The number of benzene rings is 1. The second kappa shape index (κ2) is 3.10. The van der Waals surface area contributed by atoms with Gasteiger partial charge in [0.25, 0.3) is 0 Å². The van der Waals surface area contributed by atoms with E-state index in [4.69, 9.17) is 0 Å². The number of nitrogens with zero attached hydrogens (tertiary/aromatic N) is 2. The van der Waals surface area contributed by atoms with Gasteiger partial charge in [0.15, 0.2) is 0 Å². The zero-order valence-corrected chi connectivity index (χ0v) is 8.29. The topological polar surface area (TPSA) is 24.7 Å². The quantitative estimate of drug-likeness (QED) is 0.621. The Labute approximate surface area is 85.8 Å². The van der Waals surface area contributed by atoms with E-state index in [0.29, 0.717) is 0 Å². The lowest BCUT2D eigenvalue weighted by Crippen LogP contribution is -2.23. The molecule has 0 unspecified atom stereocenters. The molecule has 0 spiro atoms. The van der Waals surface area contributed by atoms with Crippen molar-refractivity contribution in [3.63, 3.8) is 0 Å². The fourth-order valence-corrected chi connectivity index (χ4v) is 2.35. The van der Waals surface area contributed by atoms with Crippen LogP contribution in [0.3, 0.4) is 0 Å². The van der Waals surface area contributed by atoms with Gasteiger partial charge >= 0.3 is 0 Å². The third-order valence-corrected chi connectivity index (χ3v) is 3.11.